The van der Waals surface area contributed by atoms with Crippen molar-refractivity contribution >= 4 is 43.5 Å². The zero-order valence-electron chi connectivity index (χ0n) is 34.1. The van der Waals surface area contributed by atoms with Crippen molar-refractivity contribution in [2.75, 3.05) is 0 Å². The molecule has 0 saturated carbocycles. The van der Waals surface area contributed by atoms with Crippen LogP contribution in [0.3, 0.4) is 0 Å². The molecule has 63 heavy (non-hydrogen) atoms. The smallest absolute Gasteiger partial charge is 0.164 e. The van der Waals surface area contributed by atoms with Crippen LogP contribution >= 0.6 is 0 Å². The van der Waals surface area contributed by atoms with Gasteiger partial charge in [0.05, 0.1) is 22.2 Å². The second-order valence-electron chi connectivity index (χ2n) is 15.8. The van der Waals surface area contributed by atoms with E-state index in [1.54, 1.807) is 0 Å². The van der Waals surface area contributed by atoms with Gasteiger partial charge in [0, 0.05) is 54.9 Å². The maximum atomic E-state index is 5.36. The molecule has 12 aromatic rings. The highest BCUT2D eigenvalue weighted by Crippen LogP contribution is 2.40. The van der Waals surface area contributed by atoms with Crippen molar-refractivity contribution in [1.29, 1.82) is 0 Å². The lowest BCUT2D eigenvalue weighted by Crippen LogP contribution is -2.01. The molecular weight excluding hydrogens is 767 g/mol. The van der Waals surface area contributed by atoms with Gasteiger partial charge < -0.3 is 4.57 Å². The van der Waals surface area contributed by atoms with E-state index in [2.05, 4.69) is 199 Å². The van der Waals surface area contributed by atoms with Crippen LogP contribution < -0.4 is 0 Å². The molecule has 294 valence electrons. The number of hydrogen-bond acceptors (Lipinski definition) is 4. The molecule has 0 saturated heterocycles. The molecule has 0 aliphatic heterocycles. The van der Waals surface area contributed by atoms with Gasteiger partial charge in [-0.1, -0.05) is 194 Å². The maximum Gasteiger partial charge on any atom is 0.164 e. The summed E-state index contributed by atoms with van der Waals surface area (Å²) in [6.45, 7) is 0. The Hall–Kier alpha value is -8.54. The lowest BCUT2D eigenvalue weighted by molar-refractivity contribution is 1.07. The van der Waals surface area contributed by atoms with Gasteiger partial charge in [-0.05, 0) is 52.6 Å². The molecule has 9 aromatic carbocycles. The summed E-state index contributed by atoms with van der Waals surface area (Å²) in [5.74, 6) is 1.85. The van der Waals surface area contributed by atoms with Crippen LogP contribution in [0.25, 0.3) is 117 Å². The Bertz CT molecular complexity index is 3600. The number of hydrogen-bond donors (Lipinski definition) is 0. The third-order valence-electron chi connectivity index (χ3n) is 12.0. The molecule has 0 aliphatic carbocycles. The Kier molecular flexibility index (Phi) is 8.75. The first-order chi connectivity index (χ1) is 31.2. The molecule has 12 rings (SSSR count). The summed E-state index contributed by atoms with van der Waals surface area (Å²) < 4.78 is 2.32. The molecule has 0 radical (unpaired) electrons. The van der Waals surface area contributed by atoms with Crippen molar-refractivity contribution < 1.29 is 0 Å². The van der Waals surface area contributed by atoms with Crippen molar-refractivity contribution in [2.24, 2.45) is 0 Å². The lowest BCUT2D eigenvalue weighted by atomic mass is 9.92. The summed E-state index contributed by atoms with van der Waals surface area (Å²) in [7, 11) is 0. The van der Waals surface area contributed by atoms with Crippen LogP contribution in [0, 0.1) is 0 Å². The minimum atomic E-state index is 0.611. The molecule has 0 spiro atoms. The molecule has 0 N–H and O–H groups in total. The first-order valence-electron chi connectivity index (χ1n) is 21.2. The Morgan fingerprint density at radius 3 is 1.44 bits per heavy atom. The van der Waals surface area contributed by atoms with Crippen LogP contribution in [0.4, 0.5) is 0 Å². The Balaban J connectivity index is 0.959. The van der Waals surface area contributed by atoms with Crippen LogP contribution in [0.15, 0.2) is 224 Å². The molecule has 0 bridgehead atoms. The first kappa shape index (κ1) is 36.3. The van der Waals surface area contributed by atoms with Crippen LogP contribution in [0.1, 0.15) is 0 Å². The van der Waals surface area contributed by atoms with Gasteiger partial charge in [0.2, 0.25) is 0 Å². The van der Waals surface area contributed by atoms with Crippen molar-refractivity contribution in [3.8, 4) is 73.4 Å². The van der Waals surface area contributed by atoms with E-state index in [0.717, 1.165) is 72.1 Å². The third kappa shape index (κ3) is 6.42. The molecule has 0 aliphatic rings. The summed E-state index contributed by atoms with van der Waals surface area (Å²) in [5, 5.41) is 5.90. The highest BCUT2D eigenvalue weighted by Gasteiger charge is 2.18. The Labute approximate surface area is 364 Å². The molecule has 0 unspecified atom stereocenters. The minimum Gasteiger partial charge on any atom is -0.309 e. The monoisotopic (exact) mass is 803 g/mol. The average molecular weight is 804 g/mol. The Morgan fingerprint density at radius 1 is 0.286 bits per heavy atom. The minimum absolute atomic E-state index is 0.611. The molecule has 5 nitrogen and oxygen atoms in total. The fourth-order valence-electron chi connectivity index (χ4n) is 9.06. The zero-order chi connectivity index (χ0) is 41.7. The van der Waals surface area contributed by atoms with E-state index < -0.39 is 0 Å². The van der Waals surface area contributed by atoms with Crippen molar-refractivity contribution in [2.45, 2.75) is 0 Å². The largest absolute Gasteiger partial charge is 0.309 e. The second kappa shape index (κ2) is 15.2. The van der Waals surface area contributed by atoms with Gasteiger partial charge in [-0.15, -0.1) is 0 Å². The number of benzene rings is 9. The van der Waals surface area contributed by atoms with E-state index in [9.17, 15) is 0 Å². The van der Waals surface area contributed by atoms with Gasteiger partial charge in [-0.2, -0.15) is 0 Å². The Morgan fingerprint density at radius 2 is 0.778 bits per heavy atom. The third-order valence-corrected chi connectivity index (χ3v) is 12.0. The average Bonchev–Trinajstić information content (AvgIpc) is 3.71. The van der Waals surface area contributed by atoms with E-state index in [0.29, 0.717) is 17.5 Å². The summed E-state index contributed by atoms with van der Waals surface area (Å²) in [6, 6.07) is 78.6. The molecule has 0 atom stereocenters. The maximum absolute atomic E-state index is 5.36. The van der Waals surface area contributed by atoms with Crippen molar-refractivity contribution in [3.63, 3.8) is 0 Å². The molecular formula is C58H37N5. The number of aromatic nitrogens is 5. The number of nitrogens with zero attached hydrogens (tertiary/aromatic N) is 5. The van der Waals surface area contributed by atoms with E-state index in [4.69, 9.17) is 19.9 Å². The van der Waals surface area contributed by atoms with E-state index in [1.165, 1.54) is 27.3 Å². The van der Waals surface area contributed by atoms with E-state index in [1.807, 2.05) is 30.3 Å². The van der Waals surface area contributed by atoms with E-state index >= 15 is 0 Å². The highest BCUT2D eigenvalue weighted by atomic mass is 15.0. The summed E-state index contributed by atoms with van der Waals surface area (Å²) in [5.41, 5.74) is 13.7. The topological polar surface area (TPSA) is 56.5 Å². The predicted octanol–water partition coefficient (Wildman–Crippen LogP) is 14.7. The number of pyridine rings is 1. The van der Waals surface area contributed by atoms with Gasteiger partial charge in [0.25, 0.3) is 0 Å². The number of para-hydroxylation sites is 2. The molecule has 3 heterocycles. The van der Waals surface area contributed by atoms with Crippen LogP contribution in [-0.2, 0) is 0 Å². The number of fused-ring (bicyclic) bond motifs is 6. The van der Waals surface area contributed by atoms with Crippen molar-refractivity contribution in [3.05, 3.63) is 224 Å². The van der Waals surface area contributed by atoms with Crippen LogP contribution in [0.2, 0.25) is 0 Å². The molecule has 5 heteroatoms. The van der Waals surface area contributed by atoms with Crippen LogP contribution in [0.5, 0.6) is 0 Å². The fraction of sp³-hybridized carbons (Fsp3) is 0. The highest BCUT2D eigenvalue weighted by molar-refractivity contribution is 6.17. The fourth-order valence-corrected chi connectivity index (χ4v) is 9.06. The number of rotatable bonds is 7. The summed E-state index contributed by atoms with van der Waals surface area (Å²) in [4.78, 5) is 20.6. The van der Waals surface area contributed by atoms with Crippen molar-refractivity contribution in [1.82, 2.24) is 24.5 Å². The lowest BCUT2D eigenvalue weighted by Gasteiger charge is -2.15. The van der Waals surface area contributed by atoms with Crippen LogP contribution in [-0.4, -0.2) is 24.5 Å². The van der Waals surface area contributed by atoms with Gasteiger partial charge in [0.1, 0.15) is 0 Å². The molecule has 0 amide bonds. The zero-order valence-corrected chi connectivity index (χ0v) is 34.1. The predicted molar refractivity (Wildman–Crippen MR) is 260 cm³/mol. The van der Waals surface area contributed by atoms with Gasteiger partial charge in [-0.25, -0.2) is 19.9 Å². The van der Waals surface area contributed by atoms with Gasteiger partial charge in [-0.3, -0.25) is 0 Å². The quantitative estimate of drug-likeness (QED) is 0.151. The van der Waals surface area contributed by atoms with Gasteiger partial charge >= 0.3 is 0 Å². The first-order valence-corrected chi connectivity index (χ1v) is 21.2. The summed E-state index contributed by atoms with van der Waals surface area (Å²) >= 11 is 0. The SMILES string of the molecule is c1ccc(-c2nc(-c3ccc(-c4ccc5c(c4)nc(-c4ccccc4)c4cccc(-c6ccccc6)c45)cc3)nc(-c3cccc(-n4c5ccccc5c5ccccc54)c3)n2)cc1. The second-order valence-corrected chi connectivity index (χ2v) is 15.8. The normalized spacial score (nSPS) is 11.5. The van der Waals surface area contributed by atoms with E-state index in [-0.39, 0.29) is 0 Å². The summed E-state index contributed by atoms with van der Waals surface area (Å²) in [6.07, 6.45) is 0. The molecule has 3 aromatic heterocycles. The van der Waals surface area contributed by atoms with Gasteiger partial charge in [0.15, 0.2) is 17.5 Å². The standard InChI is InChI=1S/C58H37N5/c1-4-16-39(17-5-1)46-26-15-27-50-54(46)49-35-34-43(37-51(49)59-55(50)40-18-6-2-7-19-40)38-30-32-42(33-31-38)57-60-56(41-20-8-3-9-21-41)61-58(62-57)44-22-14-23-45(36-44)63-52-28-12-10-24-47(52)48-25-11-13-29-53(48)63/h1-37H. The molecule has 0 fully saturated rings.